The summed E-state index contributed by atoms with van der Waals surface area (Å²) in [6.45, 7) is 4.38. The third-order valence-corrected chi connectivity index (χ3v) is 4.64. The van der Waals surface area contributed by atoms with Crippen molar-refractivity contribution in [3.05, 3.63) is 17.7 Å². The number of rotatable bonds is 9. The quantitative estimate of drug-likeness (QED) is 0.687. The van der Waals surface area contributed by atoms with Gasteiger partial charge in [0.2, 0.25) is 0 Å². The van der Waals surface area contributed by atoms with Crippen LogP contribution in [0.3, 0.4) is 0 Å². The Hall–Kier alpha value is -0.580. The van der Waals surface area contributed by atoms with E-state index in [-0.39, 0.29) is 12.4 Å². The summed E-state index contributed by atoms with van der Waals surface area (Å²) in [7, 11) is 5.47. The number of nitrogens with one attached hydrogen (secondary N) is 1. The maximum absolute atomic E-state index is 5.56. The van der Waals surface area contributed by atoms with Crippen LogP contribution in [0.4, 0.5) is 0 Å². The lowest BCUT2D eigenvalue weighted by Crippen LogP contribution is -2.26. The summed E-state index contributed by atoms with van der Waals surface area (Å²) in [6, 6.07) is 4.69. The van der Waals surface area contributed by atoms with Crippen molar-refractivity contribution in [3.63, 3.8) is 0 Å². The molecule has 1 atom stereocenters. The van der Waals surface area contributed by atoms with Crippen LogP contribution in [0.15, 0.2) is 17.0 Å². The normalized spacial score (nSPS) is 11.7. The minimum Gasteiger partial charge on any atom is -0.496 e. The van der Waals surface area contributed by atoms with E-state index in [2.05, 4.69) is 31.3 Å². The molecule has 1 aromatic rings. The second kappa shape index (κ2) is 11.0. The van der Waals surface area contributed by atoms with Crippen LogP contribution < -0.4 is 14.8 Å². The molecule has 0 aliphatic heterocycles. The van der Waals surface area contributed by atoms with Gasteiger partial charge in [-0.05, 0) is 49.8 Å². The summed E-state index contributed by atoms with van der Waals surface area (Å²) in [5, 5.41) is 3.34. The number of hydrogen-bond acceptors (Lipinski definition) is 4. The van der Waals surface area contributed by atoms with E-state index in [9.17, 15) is 0 Å². The first-order valence-corrected chi connectivity index (χ1v) is 8.23. The molecular formula is C16H28ClNO2S. The fraction of sp³-hybridized carbons (Fsp3) is 0.625. The highest BCUT2D eigenvalue weighted by Crippen LogP contribution is 2.36. The predicted molar refractivity (Wildman–Crippen MR) is 94.7 cm³/mol. The van der Waals surface area contributed by atoms with Crippen LogP contribution in [0.25, 0.3) is 0 Å². The van der Waals surface area contributed by atoms with Gasteiger partial charge >= 0.3 is 0 Å². The van der Waals surface area contributed by atoms with E-state index in [1.807, 2.05) is 18.8 Å². The van der Waals surface area contributed by atoms with Crippen LogP contribution in [0, 0.1) is 0 Å². The summed E-state index contributed by atoms with van der Waals surface area (Å²) in [5.74, 6) is 3.00. The SMILES string of the molecule is CCCSc1cc(OC)c(CC(CC)NC)cc1OC.Cl. The second-order valence-electron chi connectivity index (χ2n) is 4.76. The summed E-state index contributed by atoms with van der Waals surface area (Å²) < 4.78 is 11.1. The molecule has 1 unspecified atom stereocenters. The van der Waals surface area contributed by atoms with Gasteiger partial charge in [0.05, 0.1) is 19.1 Å². The van der Waals surface area contributed by atoms with Gasteiger partial charge in [0, 0.05) is 6.04 Å². The molecule has 122 valence electrons. The van der Waals surface area contributed by atoms with E-state index in [1.54, 1.807) is 14.2 Å². The Bertz CT molecular complexity index is 412. The van der Waals surface area contributed by atoms with Crippen molar-refractivity contribution in [1.29, 1.82) is 0 Å². The predicted octanol–water partition coefficient (Wildman–Crippen LogP) is 4.17. The molecule has 1 aromatic carbocycles. The molecule has 5 heteroatoms. The molecule has 0 saturated carbocycles. The molecule has 0 radical (unpaired) electrons. The van der Waals surface area contributed by atoms with Crippen molar-refractivity contribution in [3.8, 4) is 11.5 Å². The van der Waals surface area contributed by atoms with E-state index >= 15 is 0 Å². The maximum atomic E-state index is 5.56. The smallest absolute Gasteiger partial charge is 0.132 e. The van der Waals surface area contributed by atoms with Gasteiger partial charge < -0.3 is 14.8 Å². The van der Waals surface area contributed by atoms with Crippen LogP contribution >= 0.6 is 24.2 Å². The summed E-state index contributed by atoms with van der Waals surface area (Å²) >= 11 is 1.82. The molecule has 0 saturated heterocycles. The zero-order valence-corrected chi connectivity index (χ0v) is 15.3. The Morgan fingerprint density at radius 1 is 1.14 bits per heavy atom. The first-order valence-electron chi connectivity index (χ1n) is 7.25. The third-order valence-electron chi connectivity index (χ3n) is 3.40. The Morgan fingerprint density at radius 3 is 2.29 bits per heavy atom. The molecule has 3 nitrogen and oxygen atoms in total. The van der Waals surface area contributed by atoms with Crippen molar-refractivity contribution in [1.82, 2.24) is 5.32 Å². The number of benzene rings is 1. The lowest BCUT2D eigenvalue weighted by Gasteiger charge is -2.18. The monoisotopic (exact) mass is 333 g/mol. The molecular weight excluding hydrogens is 306 g/mol. The number of methoxy groups -OCH3 is 2. The highest BCUT2D eigenvalue weighted by molar-refractivity contribution is 7.99. The molecule has 0 fully saturated rings. The minimum atomic E-state index is 0. The Morgan fingerprint density at radius 2 is 1.81 bits per heavy atom. The highest BCUT2D eigenvalue weighted by Gasteiger charge is 2.14. The zero-order chi connectivity index (χ0) is 15.0. The first-order chi connectivity index (χ1) is 9.69. The molecule has 0 aliphatic carbocycles. The second-order valence-corrected chi connectivity index (χ2v) is 5.90. The van der Waals surface area contributed by atoms with Gasteiger partial charge in [-0.3, -0.25) is 0 Å². The zero-order valence-electron chi connectivity index (χ0n) is 13.7. The number of ether oxygens (including phenoxy) is 2. The van der Waals surface area contributed by atoms with Crippen LogP contribution in [0.1, 0.15) is 32.3 Å². The van der Waals surface area contributed by atoms with Crippen molar-refractivity contribution in [2.75, 3.05) is 27.0 Å². The third kappa shape index (κ3) is 5.97. The lowest BCUT2D eigenvalue weighted by atomic mass is 10.0. The number of halogens is 1. The van der Waals surface area contributed by atoms with Crippen LogP contribution in [0.2, 0.25) is 0 Å². The average Bonchev–Trinajstić information content (AvgIpc) is 2.50. The standard InChI is InChI=1S/C16H27NO2S.ClH/c1-6-8-20-16-11-14(18-4)12(10-15(16)19-5)9-13(7-2)17-3;/h10-11,13,17H,6-9H2,1-5H3;1H. The maximum Gasteiger partial charge on any atom is 0.132 e. The van der Waals surface area contributed by atoms with Gasteiger partial charge in [-0.1, -0.05) is 13.8 Å². The first kappa shape index (κ1) is 20.4. The topological polar surface area (TPSA) is 30.5 Å². The van der Waals surface area contributed by atoms with Gasteiger partial charge in [0.25, 0.3) is 0 Å². The van der Waals surface area contributed by atoms with Crippen molar-refractivity contribution in [2.24, 2.45) is 0 Å². The molecule has 0 bridgehead atoms. The number of thioether (sulfide) groups is 1. The number of hydrogen-bond donors (Lipinski definition) is 1. The van der Waals surface area contributed by atoms with Crippen molar-refractivity contribution in [2.45, 2.75) is 44.0 Å². The Kier molecular flexibility index (Phi) is 10.7. The summed E-state index contributed by atoms with van der Waals surface area (Å²) in [4.78, 5) is 1.16. The lowest BCUT2D eigenvalue weighted by molar-refractivity contribution is 0.387. The molecule has 1 rings (SSSR count). The molecule has 0 amide bonds. The van der Waals surface area contributed by atoms with Crippen LogP contribution in [0.5, 0.6) is 11.5 Å². The number of likely N-dealkylation sites (N-methyl/N-ethyl adjacent to an activating group) is 1. The van der Waals surface area contributed by atoms with Gasteiger partial charge in [0.15, 0.2) is 0 Å². The minimum absolute atomic E-state index is 0. The Labute approximate surface area is 139 Å². The average molecular weight is 334 g/mol. The van der Waals surface area contributed by atoms with E-state index in [4.69, 9.17) is 9.47 Å². The van der Waals surface area contributed by atoms with Gasteiger partial charge in [-0.25, -0.2) is 0 Å². The van der Waals surface area contributed by atoms with Gasteiger partial charge in [0.1, 0.15) is 11.5 Å². The molecule has 21 heavy (non-hydrogen) atoms. The molecule has 0 aromatic heterocycles. The van der Waals surface area contributed by atoms with Crippen LogP contribution in [-0.4, -0.2) is 33.1 Å². The molecule has 0 heterocycles. The summed E-state index contributed by atoms with van der Waals surface area (Å²) in [6.07, 6.45) is 3.19. The Balaban J connectivity index is 0.00000400. The van der Waals surface area contributed by atoms with Gasteiger partial charge in [-0.2, -0.15) is 0 Å². The van der Waals surface area contributed by atoms with E-state index in [1.165, 1.54) is 5.56 Å². The van der Waals surface area contributed by atoms with Crippen molar-refractivity contribution >= 4 is 24.2 Å². The van der Waals surface area contributed by atoms with Gasteiger partial charge in [-0.15, -0.1) is 24.2 Å². The van der Waals surface area contributed by atoms with Crippen LogP contribution in [-0.2, 0) is 6.42 Å². The molecule has 0 aliphatic rings. The highest BCUT2D eigenvalue weighted by atomic mass is 35.5. The fourth-order valence-corrected chi connectivity index (χ4v) is 3.03. The fourth-order valence-electron chi connectivity index (χ4n) is 2.13. The van der Waals surface area contributed by atoms with E-state index in [0.29, 0.717) is 6.04 Å². The summed E-state index contributed by atoms with van der Waals surface area (Å²) in [5.41, 5.74) is 1.20. The van der Waals surface area contributed by atoms with Crippen molar-refractivity contribution < 1.29 is 9.47 Å². The largest absolute Gasteiger partial charge is 0.496 e. The molecule has 1 N–H and O–H groups in total. The molecule has 0 spiro atoms. The van der Waals surface area contributed by atoms with E-state index < -0.39 is 0 Å². The van der Waals surface area contributed by atoms with E-state index in [0.717, 1.165) is 41.4 Å².